The van der Waals surface area contributed by atoms with E-state index >= 15 is 0 Å². The highest BCUT2D eigenvalue weighted by Gasteiger charge is 2.21. The Hall–Kier alpha value is -0.990. The second-order valence-electron chi connectivity index (χ2n) is 4.24. The van der Waals surface area contributed by atoms with E-state index in [0.29, 0.717) is 8.95 Å². The van der Waals surface area contributed by atoms with Crippen molar-refractivity contribution in [1.29, 1.82) is 0 Å². The van der Waals surface area contributed by atoms with Gasteiger partial charge in [-0.05, 0) is 52.7 Å². The van der Waals surface area contributed by atoms with E-state index in [-0.39, 0.29) is 4.90 Å². The first kappa shape index (κ1) is 16.4. The first-order chi connectivity index (χ1) is 9.72. The van der Waals surface area contributed by atoms with Crippen molar-refractivity contribution in [3.63, 3.8) is 0 Å². The predicted octanol–water partition coefficient (Wildman–Crippen LogP) is 4.60. The third-order valence-corrected chi connectivity index (χ3v) is 5.88. The molecule has 21 heavy (non-hydrogen) atoms. The zero-order chi connectivity index (χ0) is 15.8. The highest BCUT2D eigenvalue weighted by Crippen LogP contribution is 2.30. The van der Waals surface area contributed by atoms with Crippen LogP contribution in [0.1, 0.15) is 5.56 Å². The molecule has 0 bridgehead atoms. The number of aryl methyl sites for hydroxylation is 1. The van der Waals surface area contributed by atoms with Crippen LogP contribution in [-0.4, -0.2) is 8.42 Å². The highest BCUT2D eigenvalue weighted by atomic mass is 79.9. The van der Waals surface area contributed by atoms with E-state index in [1.807, 2.05) is 4.72 Å². The van der Waals surface area contributed by atoms with Gasteiger partial charge >= 0.3 is 0 Å². The molecule has 0 aliphatic carbocycles. The van der Waals surface area contributed by atoms with E-state index in [0.717, 1.165) is 17.7 Å². The smallest absolute Gasteiger partial charge is 0.263 e. The SMILES string of the molecule is Cc1cc(Br)c(S(=O)(=O)Nc2cccc(F)c2F)cc1Br. The van der Waals surface area contributed by atoms with Crippen LogP contribution < -0.4 is 4.72 Å². The second kappa shape index (κ2) is 6.02. The van der Waals surface area contributed by atoms with Gasteiger partial charge in [-0.1, -0.05) is 22.0 Å². The number of anilines is 1. The standard InChI is InChI=1S/C13H9Br2F2NO2S/c1-7-5-9(15)12(6-8(7)14)21(19,20)18-11-4-2-3-10(16)13(11)17/h2-6,18H,1H3. The van der Waals surface area contributed by atoms with E-state index in [4.69, 9.17) is 0 Å². The van der Waals surface area contributed by atoms with Crippen LogP contribution in [0, 0.1) is 18.6 Å². The molecule has 8 heteroatoms. The van der Waals surface area contributed by atoms with Crippen LogP contribution in [0.15, 0.2) is 44.2 Å². The molecule has 0 fully saturated rings. The lowest BCUT2D eigenvalue weighted by atomic mass is 10.2. The maximum Gasteiger partial charge on any atom is 0.263 e. The van der Waals surface area contributed by atoms with Crippen LogP contribution in [0.5, 0.6) is 0 Å². The summed E-state index contributed by atoms with van der Waals surface area (Å²) in [5.74, 6) is -2.37. The molecule has 0 aliphatic rings. The number of halogens is 4. The van der Waals surface area contributed by atoms with Crippen molar-refractivity contribution in [3.05, 3.63) is 56.5 Å². The molecule has 3 nitrogen and oxygen atoms in total. The van der Waals surface area contributed by atoms with E-state index in [1.165, 1.54) is 12.1 Å². The molecular formula is C13H9Br2F2NO2S. The summed E-state index contributed by atoms with van der Waals surface area (Å²) in [4.78, 5) is -0.0800. The summed E-state index contributed by atoms with van der Waals surface area (Å²) in [5, 5.41) is 0. The fourth-order valence-corrected chi connectivity index (χ4v) is 4.35. The minimum absolute atomic E-state index is 0.0800. The van der Waals surface area contributed by atoms with Gasteiger partial charge in [-0.25, -0.2) is 17.2 Å². The van der Waals surface area contributed by atoms with Gasteiger partial charge in [0, 0.05) is 8.95 Å². The Morgan fingerprint density at radius 1 is 1.10 bits per heavy atom. The number of rotatable bonds is 3. The molecule has 0 atom stereocenters. The Kier molecular flexibility index (Phi) is 4.69. The summed E-state index contributed by atoms with van der Waals surface area (Å²) < 4.78 is 54.2. The summed E-state index contributed by atoms with van der Waals surface area (Å²) >= 11 is 6.39. The molecule has 0 radical (unpaired) electrons. The first-order valence-electron chi connectivity index (χ1n) is 5.65. The molecule has 112 valence electrons. The zero-order valence-corrected chi connectivity index (χ0v) is 14.6. The van der Waals surface area contributed by atoms with Crippen LogP contribution in [0.25, 0.3) is 0 Å². The maximum absolute atomic E-state index is 13.6. The summed E-state index contributed by atoms with van der Waals surface area (Å²) in [5.41, 5.74) is 0.386. The second-order valence-corrected chi connectivity index (χ2v) is 7.60. The van der Waals surface area contributed by atoms with Gasteiger partial charge in [0.2, 0.25) is 0 Å². The van der Waals surface area contributed by atoms with E-state index in [1.54, 1.807) is 13.0 Å². The molecule has 0 amide bonds. The van der Waals surface area contributed by atoms with Crippen molar-refractivity contribution >= 4 is 47.6 Å². The van der Waals surface area contributed by atoms with Gasteiger partial charge in [0.15, 0.2) is 11.6 Å². The lowest BCUT2D eigenvalue weighted by Crippen LogP contribution is -2.15. The van der Waals surface area contributed by atoms with Gasteiger partial charge in [-0.2, -0.15) is 0 Å². The molecule has 0 heterocycles. The summed E-state index contributed by atoms with van der Waals surface area (Å²) in [7, 11) is -4.06. The van der Waals surface area contributed by atoms with Crippen molar-refractivity contribution in [2.45, 2.75) is 11.8 Å². The Balaban J connectivity index is 2.48. The largest absolute Gasteiger partial charge is 0.277 e. The van der Waals surface area contributed by atoms with Crippen LogP contribution in [0.3, 0.4) is 0 Å². The van der Waals surface area contributed by atoms with Crippen molar-refractivity contribution in [2.24, 2.45) is 0 Å². The first-order valence-corrected chi connectivity index (χ1v) is 8.72. The normalized spacial score (nSPS) is 11.5. The molecule has 0 aliphatic heterocycles. The molecule has 2 aromatic rings. The van der Waals surface area contributed by atoms with Gasteiger partial charge < -0.3 is 0 Å². The molecule has 2 rings (SSSR count). The Bertz CT molecular complexity index is 810. The van der Waals surface area contributed by atoms with E-state index in [9.17, 15) is 17.2 Å². The van der Waals surface area contributed by atoms with Gasteiger partial charge in [0.1, 0.15) is 4.90 Å². The highest BCUT2D eigenvalue weighted by molar-refractivity contribution is 9.11. The quantitative estimate of drug-likeness (QED) is 0.758. The molecule has 0 saturated heterocycles. The Morgan fingerprint density at radius 3 is 2.43 bits per heavy atom. The third-order valence-electron chi connectivity index (χ3n) is 2.70. The van der Waals surface area contributed by atoms with E-state index < -0.39 is 27.3 Å². The molecular weight excluding hydrogens is 432 g/mol. The average molecular weight is 441 g/mol. The van der Waals surface area contributed by atoms with Gasteiger partial charge in [0.05, 0.1) is 5.69 Å². The van der Waals surface area contributed by atoms with Crippen molar-refractivity contribution < 1.29 is 17.2 Å². The molecule has 1 N–H and O–H groups in total. The number of hydrogen-bond donors (Lipinski definition) is 1. The summed E-state index contributed by atoms with van der Waals surface area (Å²) in [6, 6.07) is 6.27. The molecule has 2 aromatic carbocycles. The lowest BCUT2D eigenvalue weighted by molar-refractivity contribution is 0.511. The van der Waals surface area contributed by atoms with Crippen molar-refractivity contribution in [1.82, 2.24) is 0 Å². The van der Waals surface area contributed by atoms with Crippen molar-refractivity contribution in [3.8, 4) is 0 Å². The Labute approximate surface area is 137 Å². The van der Waals surface area contributed by atoms with Crippen LogP contribution >= 0.6 is 31.9 Å². The van der Waals surface area contributed by atoms with Crippen LogP contribution in [-0.2, 0) is 10.0 Å². The third kappa shape index (κ3) is 3.44. The maximum atomic E-state index is 13.6. The van der Waals surface area contributed by atoms with Gasteiger partial charge in [0.25, 0.3) is 10.0 Å². The summed E-state index contributed by atoms with van der Waals surface area (Å²) in [6.07, 6.45) is 0. The number of sulfonamides is 1. The van der Waals surface area contributed by atoms with Crippen LogP contribution in [0.2, 0.25) is 0 Å². The topological polar surface area (TPSA) is 46.2 Å². The fraction of sp³-hybridized carbons (Fsp3) is 0.0769. The number of benzene rings is 2. The van der Waals surface area contributed by atoms with Crippen LogP contribution in [0.4, 0.5) is 14.5 Å². The number of hydrogen-bond acceptors (Lipinski definition) is 2. The molecule has 0 unspecified atom stereocenters. The van der Waals surface area contributed by atoms with Crippen molar-refractivity contribution in [2.75, 3.05) is 4.72 Å². The lowest BCUT2D eigenvalue weighted by Gasteiger charge is -2.12. The van der Waals surface area contributed by atoms with Gasteiger partial charge in [-0.15, -0.1) is 0 Å². The number of nitrogens with one attached hydrogen (secondary N) is 1. The monoisotopic (exact) mass is 439 g/mol. The predicted molar refractivity (Wildman–Crippen MR) is 83.7 cm³/mol. The molecule has 0 spiro atoms. The molecule has 0 saturated carbocycles. The average Bonchev–Trinajstić information content (AvgIpc) is 2.39. The zero-order valence-electron chi connectivity index (χ0n) is 10.6. The molecule has 0 aromatic heterocycles. The van der Waals surface area contributed by atoms with Gasteiger partial charge in [-0.3, -0.25) is 4.72 Å². The van der Waals surface area contributed by atoms with E-state index in [2.05, 4.69) is 31.9 Å². The summed E-state index contributed by atoms with van der Waals surface area (Å²) in [6.45, 7) is 1.80. The fourth-order valence-electron chi connectivity index (χ4n) is 1.62. The minimum atomic E-state index is -4.06. The Morgan fingerprint density at radius 2 is 1.76 bits per heavy atom. The minimum Gasteiger partial charge on any atom is -0.277 e.